The highest BCUT2D eigenvalue weighted by Crippen LogP contribution is 2.72. The Morgan fingerprint density at radius 2 is 1.80 bits per heavy atom. The van der Waals surface area contributed by atoms with Crippen molar-refractivity contribution in [2.45, 2.75) is 78.6 Å². The maximum Gasteiger partial charge on any atom is 0.000267 e. The van der Waals surface area contributed by atoms with Gasteiger partial charge in [0, 0.05) is 5.41 Å². The van der Waals surface area contributed by atoms with Crippen LogP contribution < -0.4 is 0 Å². The second kappa shape index (κ2) is 5.61. The molecule has 0 nitrogen and oxygen atoms in total. The standard InChI is InChI=1S/C25H38/c1-7-12-25-16-17(2)10-14-24(25,6)22-11-13-23(5)18(3)8-9-21(23)20(22)15-19(25)4/h7,17,20-22H,1,3-4,8-16H2,2,5-6H3. The number of rotatable bonds is 2. The van der Waals surface area contributed by atoms with Gasteiger partial charge in [0.25, 0.3) is 0 Å². The normalized spacial score (nSPS) is 52.3. The number of hydrogen-bond acceptors (Lipinski definition) is 0. The van der Waals surface area contributed by atoms with E-state index >= 15 is 0 Å². The van der Waals surface area contributed by atoms with Gasteiger partial charge in [0.1, 0.15) is 0 Å². The molecule has 7 atom stereocenters. The fourth-order valence-electron chi connectivity index (χ4n) is 8.26. The van der Waals surface area contributed by atoms with Crippen molar-refractivity contribution >= 4 is 0 Å². The molecule has 138 valence electrons. The summed E-state index contributed by atoms with van der Waals surface area (Å²) >= 11 is 0. The Labute approximate surface area is 155 Å². The van der Waals surface area contributed by atoms with Gasteiger partial charge in [-0.2, -0.15) is 0 Å². The van der Waals surface area contributed by atoms with E-state index in [1.165, 1.54) is 51.4 Å². The van der Waals surface area contributed by atoms with Gasteiger partial charge in [-0.3, -0.25) is 0 Å². The molecule has 0 aromatic carbocycles. The van der Waals surface area contributed by atoms with Crippen LogP contribution in [0.1, 0.15) is 78.6 Å². The van der Waals surface area contributed by atoms with E-state index in [9.17, 15) is 0 Å². The van der Waals surface area contributed by atoms with E-state index in [0.717, 1.165) is 30.1 Å². The highest BCUT2D eigenvalue weighted by atomic mass is 14.7. The van der Waals surface area contributed by atoms with Crippen LogP contribution in [0, 0.1) is 39.9 Å². The monoisotopic (exact) mass is 338 g/mol. The molecule has 0 N–H and O–H groups in total. The molecule has 7 unspecified atom stereocenters. The van der Waals surface area contributed by atoms with Crippen LogP contribution in [0.5, 0.6) is 0 Å². The van der Waals surface area contributed by atoms with E-state index in [1.807, 2.05) is 0 Å². The second-order valence-electron chi connectivity index (χ2n) is 10.6. The van der Waals surface area contributed by atoms with E-state index in [0.29, 0.717) is 16.2 Å². The van der Waals surface area contributed by atoms with Gasteiger partial charge in [-0.05, 0) is 85.9 Å². The number of allylic oxidation sites excluding steroid dienone is 3. The SMILES string of the molecule is C=CCC12CC(C)CCC1(C)C1CCC3(C)C(=C)CCC3C1CC2=C. The first-order chi connectivity index (χ1) is 11.8. The molecule has 25 heavy (non-hydrogen) atoms. The molecule has 0 aromatic heterocycles. The molecule has 4 fully saturated rings. The summed E-state index contributed by atoms with van der Waals surface area (Å²) in [6.07, 6.45) is 14.2. The van der Waals surface area contributed by atoms with Gasteiger partial charge in [0.05, 0.1) is 0 Å². The molecule has 4 aliphatic rings. The summed E-state index contributed by atoms with van der Waals surface area (Å²) in [7, 11) is 0. The Hall–Kier alpha value is -0.780. The molecule has 0 heterocycles. The van der Waals surface area contributed by atoms with Crippen molar-refractivity contribution < 1.29 is 0 Å². The summed E-state index contributed by atoms with van der Waals surface area (Å²) in [5, 5.41) is 0. The Bertz CT molecular complexity index is 612. The van der Waals surface area contributed by atoms with Crippen molar-refractivity contribution in [3.8, 4) is 0 Å². The van der Waals surface area contributed by atoms with E-state index in [4.69, 9.17) is 6.58 Å². The minimum absolute atomic E-state index is 0.316. The quantitative estimate of drug-likeness (QED) is 0.462. The lowest BCUT2D eigenvalue weighted by Gasteiger charge is -2.66. The van der Waals surface area contributed by atoms with Crippen LogP contribution in [0.4, 0.5) is 0 Å². The first kappa shape index (κ1) is 17.6. The van der Waals surface area contributed by atoms with Crippen molar-refractivity contribution in [2.24, 2.45) is 39.9 Å². The molecule has 0 heteroatoms. The maximum atomic E-state index is 4.75. The summed E-state index contributed by atoms with van der Waals surface area (Å²) in [5.74, 6) is 3.42. The molecule has 0 aromatic rings. The van der Waals surface area contributed by atoms with Gasteiger partial charge < -0.3 is 0 Å². The lowest BCUT2D eigenvalue weighted by Crippen LogP contribution is -2.58. The predicted molar refractivity (Wildman–Crippen MR) is 108 cm³/mol. The Balaban J connectivity index is 1.77. The minimum atomic E-state index is 0.316. The van der Waals surface area contributed by atoms with Gasteiger partial charge in [0.2, 0.25) is 0 Å². The molecule has 0 saturated heterocycles. The van der Waals surface area contributed by atoms with Gasteiger partial charge in [-0.1, -0.05) is 57.6 Å². The molecular weight excluding hydrogens is 300 g/mol. The van der Waals surface area contributed by atoms with Crippen LogP contribution in [-0.2, 0) is 0 Å². The fourth-order valence-corrected chi connectivity index (χ4v) is 8.26. The summed E-state index contributed by atoms with van der Waals surface area (Å²) in [4.78, 5) is 0. The van der Waals surface area contributed by atoms with Crippen LogP contribution in [0.15, 0.2) is 37.0 Å². The molecule has 4 aliphatic carbocycles. The second-order valence-corrected chi connectivity index (χ2v) is 10.6. The highest BCUT2D eigenvalue weighted by molar-refractivity contribution is 5.30. The summed E-state index contributed by atoms with van der Waals surface area (Å²) < 4.78 is 0. The van der Waals surface area contributed by atoms with Gasteiger partial charge in [-0.15, -0.1) is 6.58 Å². The van der Waals surface area contributed by atoms with E-state index < -0.39 is 0 Å². The zero-order valence-corrected chi connectivity index (χ0v) is 16.9. The summed E-state index contributed by atoms with van der Waals surface area (Å²) in [5.41, 5.74) is 4.28. The van der Waals surface area contributed by atoms with Crippen molar-refractivity contribution in [3.05, 3.63) is 37.0 Å². The summed E-state index contributed by atoms with van der Waals surface area (Å²) in [6, 6.07) is 0. The Morgan fingerprint density at radius 3 is 2.52 bits per heavy atom. The third kappa shape index (κ3) is 2.12. The molecule has 4 rings (SSSR count). The third-order valence-electron chi connectivity index (χ3n) is 9.81. The molecule has 0 spiro atoms. The molecular formula is C25H38. The van der Waals surface area contributed by atoms with Crippen LogP contribution >= 0.6 is 0 Å². The fraction of sp³-hybridized carbons (Fsp3) is 0.760. The summed E-state index contributed by atoms with van der Waals surface area (Å²) in [6.45, 7) is 21.0. The topological polar surface area (TPSA) is 0 Å². The molecule has 0 bridgehead atoms. The Kier molecular flexibility index (Phi) is 3.95. The average molecular weight is 339 g/mol. The van der Waals surface area contributed by atoms with Crippen LogP contribution in [0.3, 0.4) is 0 Å². The van der Waals surface area contributed by atoms with Crippen LogP contribution in [0.25, 0.3) is 0 Å². The smallest absolute Gasteiger partial charge is 0.000267 e. The lowest BCUT2D eigenvalue weighted by atomic mass is 9.38. The highest BCUT2D eigenvalue weighted by Gasteiger charge is 2.64. The van der Waals surface area contributed by atoms with E-state index in [2.05, 4.69) is 40.0 Å². The predicted octanol–water partition coefficient (Wildman–Crippen LogP) is 7.33. The lowest BCUT2D eigenvalue weighted by molar-refractivity contribution is -0.128. The average Bonchev–Trinajstić information content (AvgIpc) is 2.86. The largest absolute Gasteiger partial charge is 0.103 e. The van der Waals surface area contributed by atoms with Crippen LogP contribution in [-0.4, -0.2) is 0 Å². The van der Waals surface area contributed by atoms with E-state index in [-0.39, 0.29) is 0 Å². The van der Waals surface area contributed by atoms with E-state index in [1.54, 1.807) is 11.1 Å². The number of hydrogen-bond donors (Lipinski definition) is 0. The van der Waals surface area contributed by atoms with Crippen molar-refractivity contribution in [2.75, 3.05) is 0 Å². The maximum absolute atomic E-state index is 4.75. The van der Waals surface area contributed by atoms with Gasteiger partial charge >= 0.3 is 0 Å². The molecule has 4 saturated carbocycles. The minimum Gasteiger partial charge on any atom is -0.103 e. The Morgan fingerprint density at radius 1 is 1.04 bits per heavy atom. The van der Waals surface area contributed by atoms with Gasteiger partial charge in [0.15, 0.2) is 0 Å². The van der Waals surface area contributed by atoms with Crippen molar-refractivity contribution in [1.82, 2.24) is 0 Å². The van der Waals surface area contributed by atoms with Crippen molar-refractivity contribution in [3.63, 3.8) is 0 Å². The van der Waals surface area contributed by atoms with Crippen LogP contribution in [0.2, 0.25) is 0 Å². The zero-order valence-electron chi connectivity index (χ0n) is 16.9. The van der Waals surface area contributed by atoms with Gasteiger partial charge in [-0.25, -0.2) is 0 Å². The third-order valence-corrected chi connectivity index (χ3v) is 9.81. The molecule has 0 aliphatic heterocycles. The molecule has 0 amide bonds. The zero-order chi connectivity index (χ0) is 18.0. The molecule has 0 radical (unpaired) electrons. The first-order valence-electron chi connectivity index (χ1n) is 10.8. The van der Waals surface area contributed by atoms with Crippen molar-refractivity contribution in [1.29, 1.82) is 0 Å². The first-order valence-corrected chi connectivity index (χ1v) is 10.8. The number of fused-ring (bicyclic) bond motifs is 5.